The summed E-state index contributed by atoms with van der Waals surface area (Å²) >= 11 is 0. The van der Waals surface area contributed by atoms with Crippen LogP contribution in [0.4, 0.5) is 0 Å². The van der Waals surface area contributed by atoms with E-state index >= 15 is 0 Å². The molecule has 0 N–H and O–H groups in total. The average Bonchev–Trinajstić information content (AvgIpc) is 1.53. The van der Waals surface area contributed by atoms with Gasteiger partial charge < -0.3 is 27.4 Å². The van der Waals surface area contributed by atoms with Crippen LogP contribution in [-0.2, 0) is 0 Å². The molecule has 0 aliphatic heterocycles. The predicted molar refractivity (Wildman–Crippen MR) is 603 cm³/mol. The highest BCUT2D eigenvalue weighted by atomic mass is 15.5. The first-order valence-electron chi connectivity index (χ1n) is 49.6. The van der Waals surface area contributed by atoms with Crippen LogP contribution < -0.4 is 0 Å². The molecule has 0 aliphatic rings. The Balaban J connectivity index is 0.000000107. The fourth-order valence-corrected chi connectivity index (χ4v) is 22.1. The van der Waals surface area contributed by atoms with Crippen molar-refractivity contribution in [2.45, 2.75) is 0 Å². The summed E-state index contributed by atoms with van der Waals surface area (Å²) in [5.74, 6) is 0. The summed E-state index contributed by atoms with van der Waals surface area (Å²) in [6.07, 6.45) is 0. The number of fused-ring (bicyclic) bond motifs is 20. The van der Waals surface area contributed by atoms with Crippen molar-refractivity contribution < 1.29 is 0 Å². The Bertz CT molecular complexity index is 9850. The second-order valence-corrected chi connectivity index (χ2v) is 37.0. The Hall–Kier alpha value is -20.2. The largest absolute Gasteiger partial charge is 0.309 e. The smallest absolute Gasteiger partial charge is 0.121 e. The molecule has 0 saturated heterocycles. The lowest BCUT2D eigenvalue weighted by Gasteiger charge is -2.10. The van der Waals surface area contributed by atoms with Crippen LogP contribution in [0.15, 0.2) is 528 Å². The van der Waals surface area contributed by atoms with Crippen molar-refractivity contribution in [2.75, 3.05) is 0 Å². The molecule has 15 heteroatoms. The van der Waals surface area contributed by atoms with E-state index in [1.807, 2.05) is 109 Å². The molecule has 0 fully saturated rings. The van der Waals surface area contributed by atoms with Crippen LogP contribution in [0.2, 0.25) is 0 Å². The van der Waals surface area contributed by atoms with Crippen molar-refractivity contribution >= 4 is 131 Å². The van der Waals surface area contributed by atoms with Crippen LogP contribution >= 0.6 is 0 Å². The van der Waals surface area contributed by atoms with Gasteiger partial charge in [0, 0.05) is 132 Å². The molecule has 0 radical (unpaired) electrons. The van der Waals surface area contributed by atoms with Gasteiger partial charge in [-0.2, -0.15) is 14.4 Å². The topological polar surface area (TPSA) is 122 Å². The van der Waals surface area contributed by atoms with Crippen LogP contribution in [0.3, 0.4) is 0 Å². The molecule has 147 heavy (non-hydrogen) atoms. The molecule has 0 atom stereocenters. The number of aromatic nitrogens is 15. The van der Waals surface area contributed by atoms with Gasteiger partial charge in [0.05, 0.1) is 83.3 Å². The summed E-state index contributed by atoms with van der Waals surface area (Å²) in [6.45, 7) is 0. The maximum Gasteiger partial charge on any atom is 0.121 e. The van der Waals surface area contributed by atoms with Gasteiger partial charge in [-0.1, -0.05) is 352 Å². The zero-order valence-corrected chi connectivity index (χ0v) is 79.4. The monoisotopic (exact) mass is 1880 g/mol. The maximum absolute atomic E-state index is 5.01. The molecular weight excluding hydrogens is 1800 g/mol. The molecule has 30 aromatic rings. The van der Waals surface area contributed by atoms with Crippen molar-refractivity contribution in [2.24, 2.45) is 0 Å². The molecule has 0 aliphatic carbocycles. The van der Waals surface area contributed by atoms with E-state index in [1.165, 1.54) is 120 Å². The number of nitrogens with zero attached hydrogens (tertiary/aromatic N) is 15. The number of benzene rings is 21. The van der Waals surface area contributed by atoms with E-state index in [-0.39, 0.29) is 0 Å². The lowest BCUT2D eigenvalue weighted by Crippen LogP contribution is -2.00. The molecule has 0 unspecified atom stereocenters. The van der Waals surface area contributed by atoms with Gasteiger partial charge in [-0.25, -0.2) is 0 Å². The molecule has 9 heterocycles. The van der Waals surface area contributed by atoms with Gasteiger partial charge in [-0.05, 0) is 176 Å². The minimum absolute atomic E-state index is 0.857. The van der Waals surface area contributed by atoms with Crippen molar-refractivity contribution in [1.29, 1.82) is 0 Å². The summed E-state index contributed by atoms with van der Waals surface area (Å²) in [6, 6.07) is 185. The van der Waals surface area contributed by atoms with Crippen LogP contribution in [0.1, 0.15) is 0 Å². The van der Waals surface area contributed by atoms with Crippen molar-refractivity contribution in [3.05, 3.63) is 528 Å². The second-order valence-electron chi connectivity index (χ2n) is 37.0. The highest BCUT2D eigenvalue weighted by Gasteiger charge is 2.28. The van der Waals surface area contributed by atoms with Gasteiger partial charge in [0.1, 0.15) is 34.2 Å². The summed E-state index contributed by atoms with van der Waals surface area (Å²) in [5.41, 5.74) is 35.0. The second kappa shape index (κ2) is 35.6. The Labute approximate surface area is 843 Å². The Kier molecular flexibility index (Phi) is 20.5. The summed E-state index contributed by atoms with van der Waals surface area (Å²) < 4.78 is 14.3. The molecule has 690 valence electrons. The normalized spacial score (nSPS) is 11.7. The summed E-state index contributed by atoms with van der Waals surface area (Å²) in [4.78, 5) is 5.26. The first kappa shape index (κ1) is 84.9. The minimum atomic E-state index is 0.857. The quantitative estimate of drug-likeness (QED) is 0.101. The van der Waals surface area contributed by atoms with Gasteiger partial charge in [0.2, 0.25) is 0 Å². The van der Waals surface area contributed by atoms with Gasteiger partial charge in [-0.15, -0.1) is 30.6 Å². The highest BCUT2D eigenvalue weighted by molar-refractivity contribution is 6.30. The fourth-order valence-electron chi connectivity index (χ4n) is 22.1. The average molecular weight is 1880 g/mol. The van der Waals surface area contributed by atoms with Crippen molar-refractivity contribution in [3.63, 3.8) is 0 Å². The zero-order valence-electron chi connectivity index (χ0n) is 79.4. The molecule has 30 rings (SSSR count). The Morgan fingerprint density at radius 3 is 0.592 bits per heavy atom. The van der Waals surface area contributed by atoms with Crippen LogP contribution in [0.25, 0.3) is 250 Å². The van der Waals surface area contributed by atoms with Crippen LogP contribution in [-0.4, -0.2) is 72.4 Å². The lowest BCUT2D eigenvalue weighted by molar-refractivity contribution is 0.755. The molecule has 0 bridgehead atoms. The van der Waals surface area contributed by atoms with E-state index in [2.05, 4.69) is 446 Å². The number of hydrogen-bond acceptors (Lipinski definition) is 6. The summed E-state index contributed by atoms with van der Waals surface area (Å²) in [7, 11) is 0. The molecule has 0 amide bonds. The van der Waals surface area contributed by atoms with E-state index in [0.29, 0.717) is 0 Å². The third kappa shape index (κ3) is 14.4. The fraction of sp³-hybridized carbons (Fsp3) is 0. The van der Waals surface area contributed by atoms with E-state index in [4.69, 9.17) is 30.6 Å². The third-order valence-corrected chi connectivity index (χ3v) is 28.6. The number of hydrogen-bond donors (Lipinski definition) is 0. The van der Waals surface area contributed by atoms with Gasteiger partial charge in [0.25, 0.3) is 0 Å². The standard InChI is InChI=1S/3C44H29N5/c1-4-14-30(15-5-1)43-44(31-16-6-2-7-17-31)46-49(45-43)34-26-24-33(25-27-34)48-40-23-13-11-21-36(40)38-28-41-37(29-42(38)48)35-20-10-12-22-39(35)47(41)32-18-8-3-9-19-32;1-4-14-30(15-5-1)42-43(31-16-6-2-7-17-31)46-49(45-42)34-26-24-33(25-27-34)47-39-23-13-11-21-37(39)41-40(47)29-28-36-35-20-10-12-22-38(35)48(44(36)41)32-18-8-3-9-19-32;1-4-14-30(15-5-1)43-44(31-16-6-2-7-17-31)46-49(45-43)34-26-24-33(25-27-34)48-38-23-13-11-21-36(38)42-40(48)29-28-39-41(42)35-20-10-12-22-37(35)47(39)32-18-8-3-9-19-32/h3*1-29H. The molecule has 9 aromatic heterocycles. The van der Waals surface area contributed by atoms with E-state index in [9.17, 15) is 0 Å². The van der Waals surface area contributed by atoms with E-state index in [0.717, 1.165) is 130 Å². The lowest BCUT2D eigenvalue weighted by atomic mass is 10.1. The molecule has 21 aromatic carbocycles. The van der Waals surface area contributed by atoms with Gasteiger partial charge >= 0.3 is 0 Å². The molecular formula is C132H87N15. The third-order valence-electron chi connectivity index (χ3n) is 28.6. The van der Waals surface area contributed by atoms with E-state index in [1.54, 1.807) is 14.4 Å². The first-order chi connectivity index (χ1) is 73.0. The molecule has 15 nitrogen and oxygen atoms in total. The first-order valence-corrected chi connectivity index (χ1v) is 49.6. The maximum atomic E-state index is 5.01. The number of para-hydroxylation sites is 9. The minimum Gasteiger partial charge on any atom is -0.309 e. The van der Waals surface area contributed by atoms with Gasteiger partial charge in [0.15, 0.2) is 0 Å². The van der Waals surface area contributed by atoms with E-state index < -0.39 is 0 Å². The number of rotatable bonds is 15. The Morgan fingerprint density at radius 2 is 0.306 bits per heavy atom. The van der Waals surface area contributed by atoms with Crippen molar-refractivity contribution in [3.8, 4) is 119 Å². The zero-order chi connectivity index (χ0) is 96.9. The van der Waals surface area contributed by atoms with Crippen LogP contribution in [0, 0.1) is 0 Å². The highest BCUT2D eigenvalue weighted by Crippen LogP contribution is 2.48. The Morgan fingerprint density at radius 1 is 0.116 bits per heavy atom. The SMILES string of the molecule is c1ccc(-c2nn(-c3ccc(-n4c5ccccc5c5c4ccc4c6ccccc6n(-c6ccccc6)c45)cc3)nc2-c2ccccc2)cc1.c1ccc(-c2nn(-c3ccc(-n4c5ccccc5c5c6c7ccccc7n(-c7ccccc7)c6ccc54)cc3)nc2-c2ccccc2)cc1.c1ccc(-c2nn(-c3ccc(-n4c5ccccc5c5cc6c(cc54)c4ccccc4n6-c4ccccc4)cc3)nc2-c2ccccc2)cc1. The molecule has 0 spiro atoms. The van der Waals surface area contributed by atoms with Crippen molar-refractivity contribution in [1.82, 2.24) is 72.4 Å². The van der Waals surface area contributed by atoms with Crippen LogP contribution in [0.5, 0.6) is 0 Å². The predicted octanol–water partition coefficient (Wildman–Crippen LogP) is 32.4. The summed E-state index contributed by atoms with van der Waals surface area (Å²) in [5, 5.41) is 44.9. The van der Waals surface area contributed by atoms with Gasteiger partial charge in [-0.3, -0.25) is 0 Å². The molecule has 0 saturated carbocycles.